The Kier molecular flexibility index (Phi) is 3.66. The molecule has 0 fully saturated rings. The monoisotopic (exact) mass is 256 g/mol. The van der Waals surface area contributed by atoms with Gasteiger partial charge in [-0.3, -0.25) is 9.89 Å². The fourth-order valence-electron chi connectivity index (χ4n) is 1.73. The molecule has 5 nitrogen and oxygen atoms in total. The summed E-state index contributed by atoms with van der Waals surface area (Å²) in [5, 5.41) is 9.63. The van der Waals surface area contributed by atoms with Crippen LogP contribution in [0.1, 0.15) is 17.0 Å². The number of rotatable bonds is 3. The smallest absolute Gasteiger partial charge is 0.248 e. The van der Waals surface area contributed by atoms with Crippen molar-refractivity contribution in [3.63, 3.8) is 0 Å². The second-order valence-corrected chi connectivity index (χ2v) is 4.30. The van der Waals surface area contributed by atoms with E-state index in [0.29, 0.717) is 5.69 Å². The van der Waals surface area contributed by atoms with Gasteiger partial charge in [0, 0.05) is 11.8 Å². The summed E-state index contributed by atoms with van der Waals surface area (Å²) in [6.07, 6.45) is 3.19. The summed E-state index contributed by atoms with van der Waals surface area (Å²) in [5.41, 5.74) is 9.55. The lowest BCUT2D eigenvalue weighted by molar-refractivity contribution is -0.111. The van der Waals surface area contributed by atoms with Crippen LogP contribution in [0.25, 0.3) is 6.08 Å². The Bertz CT molecular complexity index is 609. The van der Waals surface area contributed by atoms with Gasteiger partial charge in [0.25, 0.3) is 0 Å². The summed E-state index contributed by atoms with van der Waals surface area (Å²) in [6, 6.07) is 7.33. The number of carbonyl (C=O) groups excluding carboxylic acids is 1. The Balaban J connectivity index is 2.06. The molecule has 0 bridgehead atoms. The third-order valence-corrected chi connectivity index (χ3v) is 2.71. The highest BCUT2D eigenvalue weighted by Crippen LogP contribution is 2.16. The highest BCUT2D eigenvalue weighted by atomic mass is 16.1. The van der Waals surface area contributed by atoms with Crippen molar-refractivity contribution in [1.29, 1.82) is 0 Å². The van der Waals surface area contributed by atoms with Crippen LogP contribution in [0.5, 0.6) is 0 Å². The maximum Gasteiger partial charge on any atom is 0.248 e. The second-order valence-electron chi connectivity index (χ2n) is 4.30. The number of hydrogen-bond donors (Lipinski definition) is 3. The molecule has 0 unspecified atom stereocenters. The minimum Gasteiger partial charge on any atom is -0.399 e. The van der Waals surface area contributed by atoms with Crippen molar-refractivity contribution in [2.75, 3.05) is 11.1 Å². The zero-order valence-corrected chi connectivity index (χ0v) is 10.9. The number of aromatic nitrogens is 2. The number of nitrogens with zero attached hydrogens (tertiary/aromatic N) is 1. The van der Waals surface area contributed by atoms with Crippen LogP contribution in [0.2, 0.25) is 0 Å². The van der Waals surface area contributed by atoms with Crippen LogP contribution in [-0.2, 0) is 4.79 Å². The molecule has 2 rings (SSSR count). The van der Waals surface area contributed by atoms with Gasteiger partial charge >= 0.3 is 0 Å². The molecule has 19 heavy (non-hydrogen) atoms. The number of hydrogen-bond acceptors (Lipinski definition) is 3. The Hall–Kier alpha value is -2.56. The molecule has 0 aliphatic heterocycles. The lowest BCUT2D eigenvalue weighted by Gasteiger charge is -2.01. The van der Waals surface area contributed by atoms with Gasteiger partial charge in [-0.2, -0.15) is 5.10 Å². The number of aryl methyl sites for hydroxylation is 2. The van der Waals surface area contributed by atoms with E-state index >= 15 is 0 Å². The number of nitrogens with one attached hydrogen (secondary N) is 2. The number of amides is 1. The van der Waals surface area contributed by atoms with E-state index in [2.05, 4.69) is 15.5 Å². The molecule has 1 aromatic heterocycles. The van der Waals surface area contributed by atoms with Crippen LogP contribution in [0.4, 0.5) is 11.4 Å². The van der Waals surface area contributed by atoms with E-state index < -0.39 is 0 Å². The van der Waals surface area contributed by atoms with Crippen molar-refractivity contribution < 1.29 is 4.79 Å². The lowest BCUT2D eigenvalue weighted by atomic mass is 10.2. The molecule has 5 heteroatoms. The number of aromatic amines is 1. The maximum absolute atomic E-state index is 11.8. The molecule has 0 aliphatic carbocycles. The molecule has 1 heterocycles. The summed E-state index contributed by atoms with van der Waals surface area (Å²) in [5.74, 6) is -0.199. The van der Waals surface area contributed by atoms with Crippen molar-refractivity contribution in [3.05, 3.63) is 47.3 Å². The number of benzene rings is 1. The van der Waals surface area contributed by atoms with Crippen LogP contribution in [0.3, 0.4) is 0 Å². The minimum absolute atomic E-state index is 0.199. The van der Waals surface area contributed by atoms with Crippen molar-refractivity contribution in [3.8, 4) is 0 Å². The fraction of sp³-hybridized carbons (Fsp3) is 0.143. The van der Waals surface area contributed by atoms with Gasteiger partial charge in [-0.25, -0.2) is 0 Å². The Morgan fingerprint density at radius 1 is 1.42 bits per heavy atom. The standard InChI is InChI=1S/C14H16N4O/c1-9-14(10(2)18-17-9)16-13(19)7-6-11-4-3-5-12(15)8-11/h3-8H,15H2,1-2H3,(H,16,19)(H,17,18)/b7-6+. The fourth-order valence-corrected chi connectivity index (χ4v) is 1.73. The van der Waals surface area contributed by atoms with E-state index in [1.807, 2.05) is 26.0 Å². The zero-order valence-electron chi connectivity index (χ0n) is 10.9. The maximum atomic E-state index is 11.8. The molecule has 0 saturated heterocycles. The first-order valence-corrected chi connectivity index (χ1v) is 5.92. The van der Waals surface area contributed by atoms with Crippen LogP contribution in [0.15, 0.2) is 30.3 Å². The van der Waals surface area contributed by atoms with Gasteiger partial charge in [-0.05, 0) is 37.6 Å². The number of anilines is 2. The van der Waals surface area contributed by atoms with Crippen LogP contribution < -0.4 is 11.1 Å². The SMILES string of the molecule is Cc1n[nH]c(C)c1NC(=O)/C=C/c1cccc(N)c1. The molecule has 0 radical (unpaired) electrons. The van der Waals surface area contributed by atoms with Gasteiger partial charge in [-0.15, -0.1) is 0 Å². The minimum atomic E-state index is -0.199. The van der Waals surface area contributed by atoms with Crippen LogP contribution >= 0.6 is 0 Å². The zero-order chi connectivity index (χ0) is 13.8. The number of nitrogen functional groups attached to an aromatic ring is 1. The molecule has 4 N–H and O–H groups in total. The molecule has 98 valence electrons. The molecule has 0 atom stereocenters. The van der Waals surface area contributed by atoms with Crippen molar-refractivity contribution in [1.82, 2.24) is 10.2 Å². The molecule has 0 spiro atoms. The first-order chi connectivity index (χ1) is 9.06. The summed E-state index contributed by atoms with van der Waals surface area (Å²) in [7, 11) is 0. The van der Waals surface area contributed by atoms with Gasteiger partial charge in [0.15, 0.2) is 0 Å². The van der Waals surface area contributed by atoms with Crippen LogP contribution in [-0.4, -0.2) is 16.1 Å². The van der Waals surface area contributed by atoms with Gasteiger partial charge in [-0.1, -0.05) is 12.1 Å². The topological polar surface area (TPSA) is 83.8 Å². The van der Waals surface area contributed by atoms with Crippen LogP contribution in [0, 0.1) is 13.8 Å². The second kappa shape index (κ2) is 5.39. The Morgan fingerprint density at radius 3 is 2.84 bits per heavy atom. The predicted molar refractivity (Wildman–Crippen MR) is 76.6 cm³/mol. The van der Waals surface area contributed by atoms with Crippen molar-refractivity contribution >= 4 is 23.4 Å². The molecule has 0 saturated carbocycles. The molecule has 0 aliphatic rings. The quantitative estimate of drug-likeness (QED) is 0.581. The molecule has 1 amide bonds. The molecular weight excluding hydrogens is 240 g/mol. The third kappa shape index (κ3) is 3.22. The van der Waals surface area contributed by atoms with Gasteiger partial charge in [0.1, 0.15) is 0 Å². The summed E-state index contributed by atoms with van der Waals surface area (Å²) in [4.78, 5) is 11.8. The molecular formula is C14H16N4O. The average molecular weight is 256 g/mol. The Labute approximate surface area is 111 Å². The average Bonchev–Trinajstić information content (AvgIpc) is 2.68. The van der Waals surface area contributed by atoms with E-state index in [1.54, 1.807) is 18.2 Å². The van der Waals surface area contributed by atoms with Crippen molar-refractivity contribution in [2.24, 2.45) is 0 Å². The van der Waals surface area contributed by atoms with E-state index in [4.69, 9.17) is 5.73 Å². The van der Waals surface area contributed by atoms with E-state index in [0.717, 1.165) is 22.6 Å². The van der Waals surface area contributed by atoms with Crippen molar-refractivity contribution in [2.45, 2.75) is 13.8 Å². The Morgan fingerprint density at radius 2 is 2.21 bits per heavy atom. The van der Waals surface area contributed by atoms with E-state index in [-0.39, 0.29) is 5.91 Å². The van der Waals surface area contributed by atoms with Gasteiger partial charge in [0.05, 0.1) is 17.1 Å². The van der Waals surface area contributed by atoms with Gasteiger partial charge in [0.2, 0.25) is 5.91 Å². The summed E-state index contributed by atoms with van der Waals surface area (Å²) >= 11 is 0. The largest absolute Gasteiger partial charge is 0.399 e. The highest BCUT2D eigenvalue weighted by molar-refractivity contribution is 6.02. The highest BCUT2D eigenvalue weighted by Gasteiger charge is 2.07. The first-order valence-electron chi connectivity index (χ1n) is 5.92. The predicted octanol–water partition coefficient (Wildman–Crippen LogP) is 2.26. The number of H-pyrrole nitrogens is 1. The third-order valence-electron chi connectivity index (χ3n) is 2.71. The first kappa shape index (κ1) is 12.9. The normalized spacial score (nSPS) is 10.8. The van der Waals surface area contributed by atoms with Gasteiger partial charge < -0.3 is 11.1 Å². The lowest BCUT2D eigenvalue weighted by Crippen LogP contribution is -2.09. The molecule has 1 aromatic carbocycles. The summed E-state index contributed by atoms with van der Waals surface area (Å²) in [6.45, 7) is 3.69. The summed E-state index contributed by atoms with van der Waals surface area (Å²) < 4.78 is 0. The van der Waals surface area contributed by atoms with E-state index in [1.165, 1.54) is 6.08 Å². The number of nitrogens with two attached hydrogens (primary N) is 1. The number of carbonyl (C=O) groups is 1. The molecule has 2 aromatic rings. The van der Waals surface area contributed by atoms with E-state index in [9.17, 15) is 4.79 Å².